The highest BCUT2D eigenvalue weighted by Gasteiger charge is 2.33. The van der Waals surface area contributed by atoms with E-state index in [1.54, 1.807) is 0 Å². The first kappa shape index (κ1) is 21.0. The van der Waals surface area contributed by atoms with Gasteiger partial charge in [-0.15, -0.1) is 0 Å². The molecule has 0 saturated carbocycles. The van der Waals surface area contributed by atoms with E-state index < -0.39 is 5.97 Å². The summed E-state index contributed by atoms with van der Waals surface area (Å²) in [6.07, 6.45) is 3.95. The van der Waals surface area contributed by atoms with Crippen molar-refractivity contribution in [1.82, 2.24) is 4.90 Å². The van der Waals surface area contributed by atoms with Crippen LogP contribution in [0.1, 0.15) is 36.5 Å². The molecule has 1 N–H and O–H groups in total. The summed E-state index contributed by atoms with van der Waals surface area (Å²) in [5, 5.41) is 9.83. The maximum atomic E-state index is 11.0. The molecule has 5 heteroatoms. The molecule has 2 aromatic carbocycles. The van der Waals surface area contributed by atoms with E-state index in [2.05, 4.69) is 36.1 Å². The fourth-order valence-corrected chi connectivity index (χ4v) is 4.59. The lowest BCUT2D eigenvalue weighted by molar-refractivity contribution is -0.147. The molecule has 1 aliphatic carbocycles. The Bertz CT molecular complexity index is 963. The van der Waals surface area contributed by atoms with Crippen LogP contribution in [-0.2, 0) is 17.6 Å². The smallest absolute Gasteiger partial charge is 0.309 e. The molecule has 0 radical (unpaired) electrons. The average Bonchev–Trinajstić information content (AvgIpc) is 2.69. The number of rotatable bonds is 8. The van der Waals surface area contributed by atoms with Gasteiger partial charge in [-0.3, -0.25) is 9.69 Å². The minimum atomic E-state index is -0.675. The monoisotopic (exact) mass is 425 g/mol. The second-order valence-electron chi connectivity index (χ2n) is 8.36. The van der Waals surface area contributed by atoms with Crippen LogP contribution in [0.25, 0.3) is 5.57 Å². The van der Waals surface area contributed by atoms with Gasteiger partial charge in [-0.25, -0.2) is 0 Å². The van der Waals surface area contributed by atoms with Crippen LogP contribution in [-0.4, -0.2) is 42.2 Å². The Kier molecular flexibility index (Phi) is 6.45. The van der Waals surface area contributed by atoms with Crippen LogP contribution in [0.4, 0.5) is 0 Å². The van der Waals surface area contributed by atoms with Crippen LogP contribution in [0, 0.1) is 5.92 Å². The molecule has 2 aromatic rings. The Balaban J connectivity index is 1.31. The number of ether oxygens (including phenoxy) is 1. The zero-order valence-corrected chi connectivity index (χ0v) is 18.1. The summed E-state index contributed by atoms with van der Waals surface area (Å²) in [6.45, 7) is 5.09. The number of aryl methyl sites for hydroxylation is 2. The first-order chi connectivity index (χ1) is 14.5. The van der Waals surface area contributed by atoms with Crippen molar-refractivity contribution < 1.29 is 14.6 Å². The third-order valence-electron chi connectivity index (χ3n) is 6.20. The van der Waals surface area contributed by atoms with Gasteiger partial charge < -0.3 is 9.84 Å². The maximum absolute atomic E-state index is 11.0. The minimum absolute atomic E-state index is 0.194. The minimum Gasteiger partial charge on any atom is -0.494 e. The van der Waals surface area contributed by atoms with Gasteiger partial charge in [0.2, 0.25) is 0 Å². The number of allylic oxidation sites excluding steroid dienone is 1. The number of carboxylic acids is 1. The SMILES string of the molecule is CC1=C(CN2CC(C(=O)O)C2)CCc2cc(OCCCc3cccc(Cl)c3)ccc21. The molecule has 158 valence electrons. The molecule has 4 nitrogen and oxygen atoms in total. The van der Waals surface area contributed by atoms with Crippen molar-refractivity contribution in [2.75, 3.05) is 26.2 Å². The summed E-state index contributed by atoms with van der Waals surface area (Å²) in [7, 11) is 0. The van der Waals surface area contributed by atoms with Gasteiger partial charge in [-0.1, -0.05) is 35.4 Å². The molecular formula is C25H28ClNO3. The summed E-state index contributed by atoms with van der Waals surface area (Å²) in [5.74, 6) is 0.0644. The highest BCUT2D eigenvalue weighted by Crippen LogP contribution is 2.34. The van der Waals surface area contributed by atoms with Crippen molar-refractivity contribution >= 4 is 23.1 Å². The van der Waals surface area contributed by atoms with Gasteiger partial charge in [-0.05, 0) is 79.1 Å². The Hall–Kier alpha value is -2.30. The zero-order chi connectivity index (χ0) is 21.1. The molecule has 1 aliphatic heterocycles. The fraction of sp³-hybridized carbons (Fsp3) is 0.400. The second-order valence-corrected chi connectivity index (χ2v) is 8.80. The predicted molar refractivity (Wildman–Crippen MR) is 120 cm³/mol. The molecule has 4 rings (SSSR count). The molecule has 0 amide bonds. The summed E-state index contributed by atoms with van der Waals surface area (Å²) >= 11 is 6.04. The fourth-order valence-electron chi connectivity index (χ4n) is 4.38. The van der Waals surface area contributed by atoms with Gasteiger partial charge in [0.25, 0.3) is 0 Å². The third kappa shape index (κ3) is 4.88. The topological polar surface area (TPSA) is 49.8 Å². The van der Waals surface area contributed by atoms with Crippen LogP contribution < -0.4 is 4.74 Å². The first-order valence-corrected chi connectivity index (χ1v) is 11.0. The first-order valence-electron chi connectivity index (χ1n) is 10.6. The van der Waals surface area contributed by atoms with Crippen molar-refractivity contribution in [1.29, 1.82) is 0 Å². The number of fused-ring (bicyclic) bond motifs is 1. The lowest BCUT2D eigenvalue weighted by Gasteiger charge is -2.38. The van der Waals surface area contributed by atoms with Gasteiger partial charge in [0.15, 0.2) is 0 Å². The van der Waals surface area contributed by atoms with Gasteiger partial charge in [-0.2, -0.15) is 0 Å². The van der Waals surface area contributed by atoms with Crippen LogP contribution in [0.5, 0.6) is 5.75 Å². The number of hydrogen-bond acceptors (Lipinski definition) is 3. The number of likely N-dealkylation sites (tertiary alicyclic amines) is 1. The van der Waals surface area contributed by atoms with Gasteiger partial charge in [0, 0.05) is 24.7 Å². The third-order valence-corrected chi connectivity index (χ3v) is 6.43. The number of halogens is 1. The predicted octanol–water partition coefficient (Wildman–Crippen LogP) is 5.09. The normalized spacial score (nSPS) is 16.9. The Labute approximate surface area is 183 Å². The van der Waals surface area contributed by atoms with E-state index in [0.29, 0.717) is 19.7 Å². The second kappa shape index (κ2) is 9.23. The summed E-state index contributed by atoms with van der Waals surface area (Å²) in [4.78, 5) is 13.2. The number of carbonyl (C=O) groups is 1. The molecule has 0 aromatic heterocycles. The van der Waals surface area contributed by atoms with E-state index in [0.717, 1.165) is 43.0 Å². The molecule has 0 atom stereocenters. The van der Waals surface area contributed by atoms with Crippen LogP contribution in [0.15, 0.2) is 48.0 Å². The molecular weight excluding hydrogens is 398 g/mol. The average molecular weight is 426 g/mol. The van der Waals surface area contributed by atoms with Crippen LogP contribution in [0.3, 0.4) is 0 Å². The van der Waals surface area contributed by atoms with E-state index in [4.69, 9.17) is 21.4 Å². The molecule has 0 unspecified atom stereocenters. The van der Waals surface area contributed by atoms with Crippen molar-refractivity contribution in [2.45, 2.75) is 32.6 Å². The van der Waals surface area contributed by atoms with Crippen molar-refractivity contribution in [3.63, 3.8) is 0 Å². The van der Waals surface area contributed by atoms with Crippen LogP contribution in [0.2, 0.25) is 5.02 Å². The Morgan fingerprint density at radius 2 is 2.03 bits per heavy atom. The van der Waals surface area contributed by atoms with Crippen molar-refractivity contribution in [3.05, 3.63) is 69.8 Å². The summed E-state index contributed by atoms with van der Waals surface area (Å²) in [5.41, 5.74) is 6.65. The van der Waals surface area contributed by atoms with E-state index in [1.807, 2.05) is 18.2 Å². The number of nitrogens with zero attached hydrogens (tertiary/aromatic N) is 1. The van der Waals surface area contributed by atoms with Gasteiger partial charge in [0.05, 0.1) is 12.5 Å². The quantitative estimate of drug-likeness (QED) is 0.598. The summed E-state index contributed by atoms with van der Waals surface area (Å²) < 4.78 is 6.00. The van der Waals surface area contributed by atoms with Gasteiger partial charge in [0.1, 0.15) is 5.75 Å². The molecule has 1 heterocycles. The lowest BCUT2D eigenvalue weighted by Crippen LogP contribution is -2.50. The zero-order valence-electron chi connectivity index (χ0n) is 17.4. The molecule has 2 aliphatic rings. The highest BCUT2D eigenvalue weighted by molar-refractivity contribution is 6.30. The molecule has 0 spiro atoms. The molecule has 0 bridgehead atoms. The highest BCUT2D eigenvalue weighted by atomic mass is 35.5. The molecule has 1 saturated heterocycles. The Morgan fingerprint density at radius 3 is 2.80 bits per heavy atom. The molecule has 30 heavy (non-hydrogen) atoms. The standard InChI is InChI=1S/C25H28ClNO3/c1-17-20(14-27-15-21(16-27)25(28)29)8-7-19-13-23(9-10-24(17)19)30-11-3-5-18-4-2-6-22(26)12-18/h2,4,6,9-10,12-13,21H,3,5,7-8,11,14-16H2,1H3,(H,28,29). The number of benzene rings is 2. The maximum Gasteiger partial charge on any atom is 0.309 e. The lowest BCUT2D eigenvalue weighted by atomic mass is 9.85. The van der Waals surface area contributed by atoms with Gasteiger partial charge >= 0.3 is 5.97 Å². The number of aliphatic carboxylic acids is 1. The number of carboxylic acid groups (broad SMARTS) is 1. The van der Waals surface area contributed by atoms with E-state index in [1.165, 1.54) is 27.8 Å². The van der Waals surface area contributed by atoms with Crippen molar-refractivity contribution in [3.8, 4) is 5.75 Å². The Morgan fingerprint density at radius 1 is 1.20 bits per heavy atom. The summed E-state index contributed by atoms with van der Waals surface area (Å²) in [6, 6.07) is 14.4. The van der Waals surface area contributed by atoms with Crippen molar-refractivity contribution in [2.24, 2.45) is 5.92 Å². The van der Waals surface area contributed by atoms with E-state index in [-0.39, 0.29) is 5.92 Å². The van der Waals surface area contributed by atoms with Crippen LogP contribution >= 0.6 is 11.6 Å². The van der Waals surface area contributed by atoms with E-state index in [9.17, 15) is 4.79 Å². The van der Waals surface area contributed by atoms with E-state index >= 15 is 0 Å². The molecule has 1 fully saturated rings. The number of hydrogen-bond donors (Lipinski definition) is 1. The largest absolute Gasteiger partial charge is 0.494 e.